The van der Waals surface area contributed by atoms with Crippen molar-refractivity contribution in [2.45, 2.75) is 88.3 Å². The number of rotatable bonds is 12. The van der Waals surface area contributed by atoms with Crippen LogP contribution in [0, 0.1) is 35.5 Å². The van der Waals surface area contributed by atoms with E-state index in [1.54, 1.807) is 0 Å². The molecule has 0 N–H and O–H groups in total. The Morgan fingerprint density at radius 2 is 0.836 bits per heavy atom. The zero-order valence-electron chi connectivity index (χ0n) is 31.5. The van der Waals surface area contributed by atoms with Gasteiger partial charge in [-0.15, -0.1) is 0 Å². The van der Waals surface area contributed by atoms with Gasteiger partial charge in [-0.2, -0.15) is 0 Å². The van der Waals surface area contributed by atoms with Crippen molar-refractivity contribution in [3.8, 4) is 33.8 Å². The van der Waals surface area contributed by atoms with E-state index in [1.165, 1.54) is 45.7 Å². The molecule has 0 aromatic heterocycles. The molecule has 0 heterocycles. The molecule has 0 amide bonds. The van der Waals surface area contributed by atoms with Crippen molar-refractivity contribution in [3.05, 3.63) is 97.1 Å². The van der Waals surface area contributed by atoms with Gasteiger partial charge >= 0.3 is 336 Å². The molecule has 8 aliphatic carbocycles. The van der Waals surface area contributed by atoms with Gasteiger partial charge < -0.3 is 0 Å². The number of benzene rings is 4. The van der Waals surface area contributed by atoms with E-state index in [4.69, 9.17) is 18.9 Å². The molecule has 8 saturated carbocycles. The van der Waals surface area contributed by atoms with Gasteiger partial charge in [-0.1, -0.05) is 0 Å². The molecule has 0 radical (unpaired) electrons. The van der Waals surface area contributed by atoms with Crippen LogP contribution in [0.4, 0.5) is 0 Å². The summed E-state index contributed by atoms with van der Waals surface area (Å²) in [4.78, 5) is 26.6. The number of carbonyl (C=O) groups excluding carboxylic acids is 2. The van der Waals surface area contributed by atoms with Crippen LogP contribution < -0.4 is 16.7 Å². The van der Waals surface area contributed by atoms with Crippen LogP contribution in [0.3, 0.4) is 0 Å². The molecular formula is C48H50O6Te. The molecule has 8 fully saturated rings. The predicted octanol–water partition coefficient (Wildman–Crippen LogP) is 8.46. The first-order chi connectivity index (χ1) is 26.8. The summed E-state index contributed by atoms with van der Waals surface area (Å²) in [5.41, 5.74) is 3.51. The molecule has 0 atom stereocenters. The fourth-order valence-corrected chi connectivity index (χ4v) is 14.9. The van der Waals surface area contributed by atoms with Gasteiger partial charge in [-0.05, 0) is 0 Å². The molecule has 8 bridgehead atoms. The fraction of sp³-hybridized carbons (Fsp3) is 0.458. The molecule has 8 aliphatic rings. The number of carbonyl (C=O) groups is 2. The summed E-state index contributed by atoms with van der Waals surface area (Å²) in [7, 11) is 0. The van der Waals surface area contributed by atoms with E-state index >= 15 is 0 Å². The topological polar surface area (TPSA) is 71.1 Å². The van der Waals surface area contributed by atoms with Crippen LogP contribution in [0.1, 0.15) is 77.0 Å². The summed E-state index contributed by atoms with van der Waals surface area (Å²) in [5, 5.41) is 0. The summed E-state index contributed by atoms with van der Waals surface area (Å²) in [6, 6.07) is 33.3. The zero-order chi connectivity index (χ0) is 37.0. The van der Waals surface area contributed by atoms with Crippen LogP contribution in [0.5, 0.6) is 11.5 Å². The van der Waals surface area contributed by atoms with Gasteiger partial charge in [0.1, 0.15) is 0 Å². The number of ether oxygens (including phenoxy) is 4. The van der Waals surface area contributed by atoms with Crippen molar-refractivity contribution in [1.29, 1.82) is 0 Å². The minimum absolute atomic E-state index is 0.0877. The Balaban J connectivity index is 0.842. The van der Waals surface area contributed by atoms with Crippen LogP contribution in [-0.2, 0) is 19.1 Å². The average molecular weight is 851 g/mol. The average Bonchev–Trinajstić information content (AvgIpc) is 3.16. The number of hydrogen-bond acceptors (Lipinski definition) is 6. The Morgan fingerprint density at radius 3 is 1.18 bits per heavy atom. The summed E-state index contributed by atoms with van der Waals surface area (Å²) < 4.78 is 27.6. The van der Waals surface area contributed by atoms with E-state index in [9.17, 15) is 9.59 Å². The standard InChI is InChI=1S/C48H50O6Te/c49-45(53-47-23-31-15-32(24-47)17-33(16-31)25-47)29-51-43-13-11-39(21-41(43)37-7-3-1-4-8-37)55-40-12-14-44(42(22-40)38-9-5-2-6-10-38)52-30-46(50)54-48-26-34-18-35(27-48)20-36(19-34)28-48/h1-14,21-22,31-36H,15-20,23-30H2. The van der Waals surface area contributed by atoms with E-state index in [1.807, 2.05) is 48.5 Å². The van der Waals surface area contributed by atoms with Gasteiger partial charge in [0.25, 0.3) is 0 Å². The minimum atomic E-state index is -0.826. The van der Waals surface area contributed by atoms with Crippen molar-refractivity contribution in [2.75, 3.05) is 13.2 Å². The quantitative estimate of drug-likeness (QED) is 0.105. The van der Waals surface area contributed by atoms with Crippen LogP contribution in [0.15, 0.2) is 97.1 Å². The molecule has 4 aromatic rings. The normalized spacial score (nSPS) is 30.9. The molecule has 4 aromatic carbocycles. The van der Waals surface area contributed by atoms with Crippen LogP contribution >= 0.6 is 0 Å². The second kappa shape index (κ2) is 14.6. The molecule has 0 unspecified atom stereocenters. The summed E-state index contributed by atoms with van der Waals surface area (Å²) in [6.45, 7) is -0.175. The van der Waals surface area contributed by atoms with Crippen molar-refractivity contribution >= 4 is 40.1 Å². The molecule has 0 spiro atoms. The number of hydrogen-bond donors (Lipinski definition) is 0. The fourth-order valence-electron chi connectivity index (χ4n) is 12.3. The van der Waals surface area contributed by atoms with Gasteiger partial charge in [0, 0.05) is 0 Å². The van der Waals surface area contributed by atoms with Gasteiger partial charge in [-0.3, -0.25) is 0 Å². The Kier molecular flexibility index (Phi) is 9.46. The van der Waals surface area contributed by atoms with Gasteiger partial charge in [0.05, 0.1) is 0 Å². The SMILES string of the molecule is O=C(COc1ccc([Te]c2ccc(OCC(=O)OC34CC5CC(CC(C5)C3)C4)c(-c3ccccc3)c2)cc1-c1ccccc1)OC12CC3CC(CC(C3)C1)C2. The molecule has 284 valence electrons. The summed E-state index contributed by atoms with van der Waals surface area (Å²) in [5.74, 6) is 5.17. The van der Waals surface area contributed by atoms with Crippen LogP contribution in [0.25, 0.3) is 22.3 Å². The third-order valence-electron chi connectivity index (χ3n) is 13.6. The van der Waals surface area contributed by atoms with Crippen LogP contribution in [-0.4, -0.2) is 57.3 Å². The van der Waals surface area contributed by atoms with Crippen molar-refractivity contribution in [1.82, 2.24) is 0 Å². The Labute approximate surface area is 334 Å². The third-order valence-corrected chi connectivity index (χ3v) is 16.4. The van der Waals surface area contributed by atoms with Crippen molar-refractivity contribution < 1.29 is 28.5 Å². The van der Waals surface area contributed by atoms with E-state index in [0.717, 1.165) is 60.8 Å². The second-order valence-electron chi connectivity index (χ2n) is 17.9. The Morgan fingerprint density at radius 1 is 0.491 bits per heavy atom. The molecule has 0 aliphatic heterocycles. The molecule has 6 nitrogen and oxygen atoms in total. The molecule has 7 heteroatoms. The van der Waals surface area contributed by atoms with Crippen LogP contribution in [0.2, 0.25) is 0 Å². The first kappa shape index (κ1) is 35.6. The predicted molar refractivity (Wildman–Crippen MR) is 214 cm³/mol. The third kappa shape index (κ3) is 7.56. The zero-order valence-corrected chi connectivity index (χ0v) is 33.8. The molecular weight excluding hydrogens is 800 g/mol. The monoisotopic (exact) mass is 852 g/mol. The Hall–Kier alpha value is -3.79. The Bertz CT molecular complexity index is 1840. The number of esters is 2. The maximum atomic E-state index is 13.3. The molecule has 0 saturated heterocycles. The van der Waals surface area contributed by atoms with E-state index in [2.05, 4.69) is 48.5 Å². The van der Waals surface area contributed by atoms with Gasteiger partial charge in [0.2, 0.25) is 0 Å². The molecule has 12 rings (SSSR count). The maximum absolute atomic E-state index is 13.3. The first-order valence-electron chi connectivity index (χ1n) is 20.6. The second-order valence-corrected chi connectivity index (χ2v) is 21.2. The van der Waals surface area contributed by atoms with Crippen molar-refractivity contribution in [2.24, 2.45) is 35.5 Å². The first-order valence-corrected chi connectivity index (χ1v) is 22.9. The van der Waals surface area contributed by atoms with E-state index < -0.39 is 20.9 Å². The summed E-state index contributed by atoms with van der Waals surface area (Å²) in [6.07, 6.45) is 14.0. The van der Waals surface area contributed by atoms with Crippen molar-refractivity contribution in [3.63, 3.8) is 0 Å². The van der Waals surface area contributed by atoms with E-state index in [-0.39, 0.29) is 36.4 Å². The van der Waals surface area contributed by atoms with Gasteiger partial charge in [0.15, 0.2) is 0 Å². The molecule has 55 heavy (non-hydrogen) atoms. The van der Waals surface area contributed by atoms with E-state index in [0.29, 0.717) is 47.0 Å². The summed E-state index contributed by atoms with van der Waals surface area (Å²) >= 11 is -0.826. The van der Waals surface area contributed by atoms with Gasteiger partial charge in [-0.25, -0.2) is 0 Å².